The molecule has 0 radical (unpaired) electrons. The van der Waals surface area contributed by atoms with Gasteiger partial charge in [-0.15, -0.1) is 0 Å². The fourth-order valence-corrected chi connectivity index (χ4v) is 9.18. The third kappa shape index (κ3) is 56.5. The van der Waals surface area contributed by atoms with E-state index in [4.69, 9.17) is 14.2 Å². The van der Waals surface area contributed by atoms with Crippen LogP contribution in [0.3, 0.4) is 0 Å². The standard InChI is InChI=1S/C64H118O6/c1-4-7-10-13-16-19-22-24-26-28-29-30-31-32-33-34-35-37-38-40-42-45-48-51-54-57-63(66)69-60-61(59-68-62(65)56-53-50-47-44-21-18-15-12-9-6-3)70-64(67)58-55-52-49-46-43-41-39-36-27-25-23-20-17-14-11-8-5-2/h12,15,22,24,28-29,61H,4-11,13-14,16-21,23,25-27,30-60H2,1-3H3/b15-12-,24-22-,29-28-. The van der Waals surface area contributed by atoms with E-state index in [-0.39, 0.29) is 31.1 Å². The molecule has 0 aromatic carbocycles. The molecule has 0 rings (SSSR count). The molecule has 0 spiro atoms. The average Bonchev–Trinajstić information content (AvgIpc) is 3.36. The van der Waals surface area contributed by atoms with Gasteiger partial charge in [0.25, 0.3) is 0 Å². The summed E-state index contributed by atoms with van der Waals surface area (Å²) in [6.45, 7) is 6.61. The Morgan fingerprint density at radius 3 is 0.857 bits per heavy atom. The number of esters is 3. The molecule has 0 saturated carbocycles. The number of rotatable bonds is 57. The normalized spacial score (nSPS) is 12.2. The number of unbranched alkanes of at least 4 members (excludes halogenated alkanes) is 40. The fraction of sp³-hybridized carbons (Fsp3) is 0.859. The first-order valence-electron chi connectivity index (χ1n) is 31.0. The van der Waals surface area contributed by atoms with Crippen molar-refractivity contribution in [1.29, 1.82) is 0 Å². The second-order valence-corrected chi connectivity index (χ2v) is 21.0. The Bertz CT molecular complexity index is 1170. The van der Waals surface area contributed by atoms with Gasteiger partial charge in [0.1, 0.15) is 13.2 Å². The lowest BCUT2D eigenvalue weighted by atomic mass is 10.0. The van der Waals surface area contributed by atoms with Gasteiger partial charge in [0.15, 0.2) is 6.10 Å². The lowest BCUT2D eigenvalue weighted by molar-refractivity contribution is -0.167. The van der Waals surface area contributed by atoms with Gasteiger partial charge in [-0.05, 0) is 70.6 Å². The summed E-state index contributed by atoms with van der Waals surface area (Å²) < 4.78 is 16.9. The lowest BCUT2D eigenvalue weighted by Crippen LogP contribution is -2.30. The summed E-state index contributed by atoms with van der Waals surface area (Å²) in [5.74, 6) is -0.863. The summed E-state index contributed by atoms with van der Waals surface area (Å²) in [5.41, 5.74) is 0. The van der Waals surface area contributed by atoms with Crippen molar-refractivity contribution in [3.8, 4) is 0 Å². The number of hydrogen-bond donors (Lipinski definition) is 0. The molecule has 0 saturated heterocycles. The van der Waals surface area contributed by atoms with Crippen LogP contribution in [0.1, 0.15) is 335 Å². The molecule has 70 heavy (non-hydrogen) atoms. The predicted molar refractivity (Wildman–Crippen MR) is 302 cm³/mol. The van der Waals surface area contributed by atoms with E-state index >= 15 is 0 Å². The van der Waals surface area contributed by atoms with Crippen LogP contribution >= 0.6 is 0 Å². The van der Waals surface area contributed by atoms with Gasteiger partial charge in [0.2, 0.25) is 0 Å². The highest BCUT2D eigenvalue weighted by Gasteiger charge is 2.19. The molecule has 0 aliphatic carbocycles. The Hall–Kier alpha value is -2.37. The number of ether oxygens (including phenoxy) is 3. The summed E-state index contributed by atoms with van der Waals surface area (Å²) in [6.07, 6.45) is 71.6. The Morgan fingerprint density at radius 2 is 0.543 bits per heavy atom. The average molecular weight is 984 g/mol. The zero-order valence-corrected chi connectivity index (χ0v) is 47.1. The molecule has 0 aromatic rings. The number of carbonyl (C=O) groups excluding carboxylic acids is 3. The first-order chi connectivity index (χ1) is 34.5. The molecule has 0 aliphatic rings. The van der Waals surface area contributed by atoms with E-state index in [0.29, 0.717) is 19.3 Å². The quantitative estimate of drug-likeness (QED) is 0.0261. The van der Waals surface area contributed by atoms with Gasteiger partial charge in [0.05, 0.1) is 0 Å². The third-order valence-electron chi connectivity index (χ3n) is 13.8. The molecule has 1 atom stereocenters. The van der Waals surface area contributed by atoms with Crippen LogP contribution in [0.5, 0.6) is 0 Å². The maximum atomic E-state index is 12.9. The highest BCUT2D eigenvalue weighted by Crippen LogP contribution is 2.17. The van der Waals surface area contributed by atoms with Crippen molar-refractivity contribution in [3.05, 3.63) is 36.5 Å². The molecule has 0 bridgehead atoms. The molecule has 1 unspecified atom stereocenters. The van der Waals surface area contributed by atoms with Crippen molar-refractivity contribution in [2.24, 2.45) is 0 Å². The summed E-state index contributed by atoms with van der Waals surface area (Å²) in [5, 5.41) is 0. The predicted octanol–water partition coefficient (Wildman–Crippen LogP) is 20.8. The van der Waals surface area contributed by atoms with Crippen LogP contribution in [0.15, 0.2) is 36.5 Å². The van der Waals surface area contributed by atoms with E-state index in [0.717, 1.165) is 77.0 Å². The highest BCUT2D eigenvalue weighted by atomic mass is 16.6. The van der Waals surface area contributed by atoms with Crippen LogP contribution in [-0.4, -0.2) is 37.2 Å². The van der Waals surface area contributed by atoms with E-state index in [1.165, 1.54) is 218 Å². The summed E-state index contributed by atoms with van der Waals surface area (Å²) in [4.78, 5) is 38.1. The number of hydrogen-bond acceptors (Lipinski definition) is 6. The molecular weight excluding hydrogens is 865 g/mol. The van der Waals surface area contributed by atoms with Crippen LogP contribution in [0.4, 0.5) is 0 Å². The van der Waals surface area contributed by atoms with Crippen molar-refractivity contribution in [2.75, 3.05) is 13.2 Å². The van der Waals surface area contributed by atoms with Gasteiger partial charge in [-0.3, -0.25) is 14.4 Å². The summed E-state index contributed by atoms with van der Waals surface area (Å²) >= 11 is 0. The molecule has 6 nitrogen and oxygen atoms in total. The molecule has 6 heteroatoms. The Labute approximate surface area is 435 Å². The molecule has 0 N–H and O–H groups in total. The molecule has 0 fully saturated rings. The van der Waals surface area contributed by atoms with Gasteiger partial charge in [-0.25, -0.2) is 0 Å². The first-order valence-corrected chi connectivity index (χ1v) is 31.0. The number of carbonyl (C=O) groups is 3. The largest absolute Gasteiger partial charge is 0.462 e. The second kappa shape index (κ2) is 59.2. The summed E-state index contributed by atoms with van der Waals surface area (Å²) in [6, 6.07) is 0. The maximum absolute atomic E-state index is 12.9. The number of allylic oxidation sites excluding steroid dienone is 6. The van der Waals surface area contributed by atoms with Crippen molar-refractivity contribution in [1.82, 2.24) is 0 Å². The second-order valence-electron chi connectivity index (χ2n) is 21.0. The minimum absolute atomic E-state index is 0.0710. The molecule has 0 aliphatic heterocycles. The van der Waals surface area contributed by atoms with Crippen molar-refractivity contribution < 1.29 is 28.6 Å². The van der Waals surface area contributed by atoms with Crippen LogP contribution < -0.4 is 0 Å². The van der Waals surface area contributed by atoms with E-state index in [9.17, 15) is 14.4 Å². The van der Waals surface area contributed by atoms with Crippen LogP contribution in [0, 0.1) is 0 Å². The van der Waals surface area contributed by atoms with Crippen molar-refractivity contribution >= 4 is 17.9 Å². The van der Waals surface area contributed by atoms with Gasteiger partial charge in [-0.1, -0.05) is 282 Å². The molecule has 0 heterocycles. The van der Waals surface area contributed by atoms with E-state index < -0.39 is 6.10 Å². The lowest BCUT2D eigenvalue weighted by Gasteiger charge is -2.18. The SMILES string of the molecule is CCC/C=C\CCCCCCCC(=O)OCC(COC(=O)CCCCCCCCCCCCCCC/C=C\C/C=C\CCCCCCC)OC(=O)CCCCCCCCCCCCCCCCCCC. The van der Waals surface area contributed by atoms with Gasteiger partial charge in [0, 0.05) is 19.3 Å². The Morgan fingerprint density at radius 1 is 0.286 bits per heavy atom. The smallest absolute Gasteiger partial charge is 0.306 e. The van der Waals surface area contributed by atoms with Crippen molar-refractivity contribution in [2.45, 2.75) is 341 Å². The van der Waals surface area contributed by atoms with Crippen LogP contribution in [0.2, 0.25) is 0 Å². The Balaban J connectivity index is 4.19. The van der Waals surface area contributed by atoms with E-state index in [1.807, 2.05) is 0 Å². The van der Waals surface area contributed by atoms with Crippen LogP contribution in [-0.2, 0) is 28.6 Å². The van der Waals surface area contributed by atoms with Crippen molar-refractivity contribution in [3.63, 3.8) is 0 Å². The first kappa shape index (κ1) is 67.6. The molecule has 0 aromatic heterocycles. The Kier molecular flexibility index (Phi) is 57.2. The van der Waals surface area contributed by atoms with Crippen LogP contribution in [0.25, 0.3) is 0 Å². The fourth-order valence-electron chi connectivity index (χ4n) is 9.18. The zero-order chi connectivity index (χ0) is 50.7. The monoisotopic (exact) mass is 983 g/mol. The molecular formula is C64H118O6. The minimum atomic E-state index is -0.772. The van der Waals surface area contributed by atoms with E-state index in [2.05, 4.69) is 57.2 Å². The third-order valence-corrected chi connectivity index (χ3v) is 13.8. The van der Waals surface area contributed by atoms with Gasteiger partial charge >= 0.3 is 17.9 Å². The maximum Gasteiger partial charge on any atom is 0.306 e. The highest BCUT2D eigenvalue weighted by molar-refractivity contribution is 5.71. The molecule has 0 amide bonds. The van der Waals surface area contributed by atoms with Gasteiger partial charge < -0.3 is 14.2 Å². The molecule has 410 valence electrons. The topological polar surface area (TPSA) is 78.9 Å². The zero-order valence-electron chi connectivity index (χ0n) is 47.1. The summed E-state index contributed by atoms with van der Waals surface area (Å²) in [7, 11) is 0. The van der Waals surface area contributed by atoms with Gasteiger partial charge in [-0.2, -0.15) is 0 Å². The van der Waals surface area contributed by atoms with E-state index in [1.54, 1.807) is 0 Å². The minimum Gasteiger partial charge on any atom is -0.462 e.